The van der Waals surface area contributed by atoms with Crippen molar-refractivity contribution in [1.82, 2.24) is 33.8 Å². The number of nitrogens with zero attached hydrogens (tertiary/aromatic N) is 1. The van der Waals surface area contributed by atoms with Crippen LogP contribution in [-0.2, 0) is 57.2 Å². The van der Waals surface area contributed by atoms with Crippen LogP contribution < -0.4 is 102 Å². The number of hydrogen-bond acceptors (Lipinski definition) is 9. The normalized spacial score (nSPS) is 15.8. The summed E-state index contributed by atoms with van der Waals surface area (Å²) in [5.41, 5.74) is 8.28. The molecule has 9 rings (SSSR count). The van der Waals surface area contributed by atoms with E-state index >= 15 is 0 Å². The van der Waals surface area contributed by atoms with E-state index in [0.717, 1.165) is 73.9 Å². The molecule has 2 aliphatic heterocycles. The Labute approximate surface area is 651 Å². The minimum absolute atomic E-state index is 0. The number of rotatable bonds is 32. The second-order valence-corrected chi connectivity index (χ2v) is 53.2. The van der Waals surface area contributed by atoms with E-state index in [1.165, 1.54) is 0 Å². The Balaban J connectivity index is 0.00000451. The Hall–Kier alpha value is -3.06. The van der Waals surface area contributed by atoms with Crippen LogP contribution in [0.25, 0.3) is 22.3 Å². The van der Waals surface area contributed by atoms with Crippen molar-refractivity contribution in [2.24, 2.45) is 4.99 Å². The predicted octanol–water partition coefficient (Wildman–Crippen LogP) is -4.81. The number of halogens is 5. The van der Waals surface area contributed by atoms with E-state index < -0.39 is 69.1 Å². The maximum Gasteiger partial charge on any atom is 3.00 e. The molecule has 16 nitrogen and oxygen atoms in total. The first kappa shape index (κ1) is 93.1. The van der Waals surface area contributed by atoms with Gasteiger partial charge in [0.25, 0.3) is 0 Å². The molecule has 5 heterocycles. The Bertz CT molecular complexity index is 4760. The van der Waals surface area contributed by atoms with Crippen LogP contribution in [0.4, 0.5) is 0 Å². The maximum atomic E-state index is 14.0. The molecule has 4 aromatic carbocycles. The van der Waals surface area contributed by atoms with E-state index in [2.05, 4.69) is 116 Å². The predicted molar refractivity (Wildman–Crippen MR) is 411 cm³/mol. The van der Waals surface area contributed by atoms with E-state index in [1.54, 1.807) is 48.5 Å². The summed E-state index contributed by atoms with van der Waals surface area (Å²) in [4.78, 5) is 17.3. The molecular weight excluding hydrogens is 1590 g/mol. The fourth-order valence-corrected chi connectivity index (χ4v) is 23.8. The van der Waals surface area contributed by atoms with Gasteiger partial charge < -0.3 is 77.0 Å². The summed E-state index contributed by atoms with van der Waals surface area (Å²) < 4.78 is 123. The molecule has 30 heteroatoms. The van der Waals surface area contributed by atoms with Crippen LogP contribution >= 0.6 is 29.0 Å². The smallest absolute Gasteiger partial charge is 1.00 e. The molecule has 0 unspecified atom stereocenters. The van der Waals surface area contributed by atoms with E-state index in [1.807, 2.05) is 91.0 Å². The third-order valence-electron chi connectivity index (χ3n) is 20.7. The topological polar surface area (TPSA) is 244 Å². The summed E-state index contributed by atoms with van der Waals surface area (Å²) in [5, 5.41) is 2.70. The summed E-state index contributed by atoms with van der Waals surface area (Å²) >= 11 is 0. The Morgan fingerprint density at radius 1 is 0.333 bits per heavy atom. The van der Waals surface area contributed by atoms with Gasteiger partial charge in [-0.25, -0.2) is 52.6 Å². The molecule has 102 heavy (non-hydrogen) atoms. The average Bonchev–Trinajstić information content (AvgIpc) is 1.60. The number of hydrogen-bond donors (Lipinski definition) is 7. The van der Waals surface area contributed by atoms with E-state index in [4.69, 9.17) is 4.99 Å². The number of H-pyrrole nitrogens is 3. The molecule has 0 fully saturated rings. The fraction of sp³-hybridized carbons (Fsp3) is 0.403. The Morgan fingerprint density at radius 3 is 0.833 bits per heavy atom. The van der Waals surface area contributed by atoms with Gasteiger partial charge in [-0.2, -0.15) is 0 Å². The summed E-state index contributed by atoms with van der Waals surface area (Å²) in [6, 6.07) is 39.4. The molecule has 8 bridgehead atoms. The number of nitrogens with one attached hydrogen (secondary N) is 7. The van der Waals surface area contributed by atoms with Crippen LogP contribution in [0.5, 0.6) is 0 Å². The minimum Gasteiger partial charge on any atom is -1.00 e. The van der Waals surface area contributed by atoms with Crippen LogP contribution in [0.15, 0.2) is 170 Å². The largest absolute Gasteiger partial charge is 3.00 e. The third kappa shape index (κ3) is 22.1. The molecule has 0 saturated carbocycles. The van der Waals surface area contributed by atoms with Crippen molar-refractivity contribution in [2.75, 3.05) is 127 Å². The first-order valence-electron chi connectivity index (χ1n) is 33.6. The fourth-order valence-electron chi connectivity index (χ4n) is 12.1. The quantitative estimate of drug-likeness (QED) is 0.0159. The van der Waals surface area contributed by atoms with Crippen LogP contribution in [0.1, 0.15) is 95.5 Å². The second-order valence-electron chi connectivity index (χ2n) is 26.3. The first-order chi connectivity index (χ1) is 45.5. The molecule has 0 atom stereocenters. The number of aromatic nitrogens is 3. The number of benzene rings is 4. The molecule has 1 radical (unpaired) electrons. The van der Waals surface area contributed by atoms with Crippen LogP contribution in [0.3, 0.4) is 0 Å². The van der Waals surface area contributed by atoms with Crippen molar-refractivity contribution < 1.29 is 113 Å². The molecule has 7 aromatic rings. The molecule has 2 aliphatic rings. The van der Waals surface area contributed by atoms with Gasteiger partial charge >= 0.3 is 17.1 Å². The summed E-state index contributed by atoms with van der Waals surface area (Å²) in [6.07, 6.45) is 14.0. The average molecular weight is 1690 g/mol. The molecule has 0 amide bonds. The van der Waals surface area contributed by atoms with Gasteiger partial charge in [-0.3, -0.25) is 4.99 Å². The van der Waals surface area contributed by atoms with Gasteiger partial charge in [0, 0.05) is 143 Å². The SMILES string of the molecule is CC[P+](C)(CC)CCNS(=O)(=O)c1ccc(/C2=c3\cc/c([nH]3)=C(\c3ccc(S(=O)(=O)NCC[P+](C)(CC)CC)cc3)c3ccc([nH]3)/C(c3ccc(S(=O)(=O)NCC[P+](C)(CC)CC)cc3)=c3/cc/c([nH]3)=C(\c3ccc(S(=O)(=O)NCC[P+](C)(CC)CC)cc3)C3=NC2=CC3)cc1.[Cl-].[Cl-].[Cl-].[Cl-].[Cl-].[Fe+3]. The number of fused-ring (bicyclic) bond motifs is 7. The molecular formula is C72H100Cl5FeN8O8P4S4+2. The van der Waals surface area contributed by atoms with E-state index in [-0.39, 0.29) is 98.7 Å². The van der Waals surface area contributed by atoms with Crippen LogP contribution in [0.2, 0.25) is 0 Å². The summed E-state index contributed by atoms with van der Waals surface area (Å²) in [7, 11) is -20.5. The summed E-state index contributed by atoms with van der Waals surface area (Å²) in [6.45, 7) is 28.0. The maximum absolute atomic E-state index is 14.0. The molecule has 561 valence electrons. The van der Waals surface area contributed by atoms with Gasteiger partial charge in [0.15, 0.2) is 0 Å². The molecule has 3 aromatic heterocycles. The van der Waals surface area contributed by atoms with Gasteiger partial charge in [0.05, 0.1) is 105 Å². The van der Waals surface area contributed by atoms with Crippen molar-refractivity contribution in [3.8, 4) is 0 Å². The second kappa shape index (κ2) is 39.3. The van der Waals surface area contributed by atoms with Gasteiger partial charge in [-0.05, 0) is 163 Å². The van der Waals surface area contributed by atoms with Crippen molar-refractivity contribution in [3.05, 3.63) is 200 Å². The van der Waals surface area contributed by atoms with E-state index in [0.29, 0.717) is 121 Å². The Kier molecular flexibility index (Phi) is 35.9. The van der Waals surface area contributed by atoms with Crippen molar-refractivity contribution in [3.63, 3.8) is 0 Å². The van der Waals surface area contributed by atoms with Crippen molar-refractivity contribution >= 4 is 97.1 Å². The van der Waals surface area contributed by atoms with Gasteiger partial charge in [-0.15, -0.1) is 0 Å². The number of aliphatic imine (C=N–C) groups is 1. The Morgan fingerprint density at radius 2 is 0.569 bits per heavy atom. The van der Waals surface area contributed by atoms with E-state index in [9.17, 15) is 33.7 Å². The van der Waals surface area contributed by atoms with Gasteiger partial charge in [0.2, 0.25) is 40.1 Å². The third-order valence-corrected chi connectivity index (χ3v) is 44.0. The van der Waals surface area contributed by atoms with Crippen molar-refractivity contribution in [2.45, 2.75) is 81.4 Å². The molecule has 7 N–H and O–H groups in total. The standard InChI is InChI=1S/C72H100N8O8P4S4.5ClH.Fe/c1-13-89(9,14-2)49-45-73-93(81,82)57-29-21-53(22-30-57)69-61-37-39-63(77-61)70(54-23-31-58(32-24-54)94(83,84)74-46-50-90(10,15-3)16-4)65-41-43-67(79-65)72(56-27-35-60(36-28-56)96(87,88)76-48-52-92(12,19-7)20-8)68-44-42-66(80-68)71(64-40-38-62(69)78-64)55-25-33-59(34-26-55)95(85,86)75-47-51-91(11,17-5)18-6;;;;;;/h21-43,73-79H,13-20,44-52H2,1-12H3;5*1H;/q+4;;;;;;+3/p-5/b69-62-,70-65-,71-64-,72-67-;;;;;;. The first-order valence-corrected chi connectivity index (χ1v) is 50.7. The zero-order valence-electron chi connectivity index (χ0n) is 60.2. The molecule has 0 spiro atoms. The summed E-state index contributed by atoms with van der Waals surface area (Å²) in [5.74, 6) is 0. The van der Waals surface area contributed by atoms with Crippen LogP contribution in [-0.4, -0.2) is 181 Å². The minimum atomic E-state index is -3.87. The zero-order chi connectivity index (χ0) is 69.5. The van der Waals surface area contributed by atoms with Crippen LogP contribution in [0, 0.1) is 0 Å². The van der Waals surface area contributed by atoms with Gasteiger partial charge in [-0.1, -0.05) is 54.6 Å². The number of sulfonamides is 4. The van der Waals surface area contributed by atoms with Crippen molar-refractivity contribution in [1.29, 1.82) is 0 Å². The molecule has 0 aliphatic carbocycles. The zero-order valence-corrected chi connectivity index (χ0v) is 71.9. The number of aromatic amines is 3. The van der Waals surface area contributed by atoms with Gasteiger partial charge in [0.1, 0.15) is 0 Å². The number of allylic oxidation sites excluding steroid dienone is 2. The molecule has 0 saturated heterocycles. The monoisotopic (exact) mass is 1690 g/mol.